The van der Waals surface area contributed by atoms with Crippen LogP contribution in [0.2, 0.25) is 0 Å². The molecule has 2 rings (SSSR count). The Balaban J connectivity index is 1.57. The van der Waals surface area contributed by atoms with Gasteiger partial charge in [0.2, 0.25) is 0 Å². The van der Waals surface area contributed by atoms with E-state index in [4.69, 9.17) is 14.5 Å². The lowest BCUT2D eigenvalue weighted by atomic mass is 10.2. The average molecular weight is 377 g/mol. The number of aliphatic imine (C=N–C) groups is 1. The van der Waals surface area contributed by atoms with Gasteiger partial charge in [-0.1, -0.05) is 30.3 Å². The molecule has 1 atom stereocenters. The van der Waals surface area contributed by atoms with E-state index in [-0.39, 0.29) is 0 Å². The van der Waals surface area contributed by atoms with Crippen molar-refractivity contribution in [3.63, 3.8) is 0 Å². The zero-order chi connectivity index (χ0) is 19.2. The normalized spacial score (nSPS) is 16.9. The number of hydrogen-bond donors (Lipinski definition) is 2. The summed E-state index contributed by atoms with van der Waals surface area (Å²) in [5.74, 6) is 0.891. The molecule has 1 unspecified atom stereocenters. The van der Waals surface area contributed by atoms with Gasteiger partial charge in [0.15, 0.2) is 5.96 Å². The molecule has 0 aromatic heterocycles. The SMILES string of the molecule is CCNC(=NCC(C)N1CCOCC1)NCCCOCCc1ccccc1. The number of ether oxygens (including phenoxy) is 2. The molecule has 1 aliphatic rings. The molecule has 0 bridgehead atoms. The Hall–Kier alpha value is -1.63. The van der Waals surface area contributed by atoms with E-state index in [1.165, 1.54) is 5.56 Å². The molecular formula is C21H36N4O2. The maximum atomic E-state index is 5.74. The van der Waals surface area contributed by atoms with Gasteiger partial charge in [-0.05, 0) is 32.3 Å². The van der Waals surface area contributed by atoms with Gasteiger partial charge in [0.25, 0.3) is 0 Å². The molecule has 2 N–H and O–H groups in total. The van der Waals surface area contributed by atoms with Crippen LogP contribution in [0.15, 0.2) is 35.3 Å². The first-order chi connectivity index (χ1) is 13.3. The van der Waals surface area contributed by atoms with E-state index in [0.29, 0.717) is 6.04 Å². The first-order valence-electron chi connectivity index (χ1n) is 10.2. The molecule has 27 heavy (non-hydrogen) atoms. The standard InChI is InChI=1S/C21H36N4O2/c1-3-22-21(24-18-19(2)25-12-16-27-17-13-25)23-11-7-14-26-15-10-20-8-5-4-6-9-20/h4-6,8-9,19H,3,7,10-18H2,1-2H3,(H2,22,23,24). The van der Waals surface area contributed by atoms with Crippen LogP contribution in [0.1, 0.15) is 25.8 Å². The first-order valence-corrected chi connectivity index (χ1v) is 10.2. The Morgan fingerprint density at radius 2 is 1.96 bits per heavy atom. The summed E-state index contributed by atoms with van der Waals surface area (Å²) in [4.78, 5) is 7.17. The van der Waals surface area contributed by atoms with E-state index in [9.17, 15) is 0 Å². The monoisotopic (exact) mass is 376 g/mol. The van der Waals surface area contributed by atoms with Crippen molar-refractivity contribution in [2.24, 2.45) is 4.99 Å². The summed E-state index contributed by atoms with van der Waals surface area (Å²) in [6.45, 7) is 12.1. The van der Waals surface area contributed by atoms with Crippen molar-refractivity contribution < 1.29 is 9.47 Å². The van der Waals surface area contributed by atoms with Crippen LogP contribution in [0, 0.1) is 0 Å². The van der Waals surface area contributed by atoms with E-state index in [2.05, 4.69) is 53.6 Å². The minimum absolute atomic E-state index is 0.436. The van der Waals surface area contributed by atoms with E-state index < -0.39 is 0 Å². The molecule has 1 fully saturated rings. The Morgan fingerprint density at radius 3 is 2.70 bits per heavy atom. The highest BCUT2D eigenvalue weighted by molar-refractivity contribution is 5.79. The molecule has 1 aliphatic heterocycles. The molecule has 1 heterocycles. The molecule has 0 saturated carbocycles. The van der Waals surface area contributed by atoms with Crippen LogP contribution in [0.4, 0.5) is 0 Å². The molecule has 1 aromatic rings. The van der Waals surface area contributed by atoms with E-state index in [1.807, 2.05) is 6.07 Å². The molecule has 0 amide bonds. The number of rotatable bonds is 11. The highest BCUT2D eigenvalue weighted by Crippen LogP contribution is 2.04. The second kappa shape index (κ2) is 13.5. The molecule has 1 aromatic carbocycles. The van der Waals surface area contributed by atoms with Gasteiger partial charge in [0, 0.05) is 38.8 Å². The van der Waals surface area contributed by atoms with E-state index in [1.54, 1.807) is 0 Å². The number of hydrogen-bond acceptors (Lipinski definition) is 4. The zero-order valence-corrected chi connectivity index (χ0v) is 17.0. The predicted octanol–water partition coefficient (Wildman–Crippen LogP) is 1.91. The fourth-order valence-electron chi connectivity index (χ4n) is 3.02. The highest BCUT2D eigenvalue weighted by Gasteiger charge is 2.16. The number of benzene rings is 1. The van der Waals surface area contributed by atoms with Crippen molar-refractivity contribution in [2.75, 3.05) is 59.2 Å². The average Bonchev–Trinajstić information content (AvgIpc) is 2.72. The summed E-state index contributed by atoms with van der Waals surface area (Å²) in [5.41, 5.74) is 1.33. The number of nitrogens with zero attached hydrogens (tertiary/aromatic N) is 2. The number of morpholine rings is 1. The third kappa shape index (κ3) is 9.22. The maximum absolute atomic E-state index is 5.74. The smallest absolute Gasteiger partial charge is 0.191 e. The largest absolute Gasteiger partial charge is 0.381 e. The summed E-state index contributed by atoms with van der Waals surface area (Å²) in [7, 11) is 0. The van der Waals surface area contributed by atoms with Gasteiger partial charge in [-0.25, -0.2) is 0 Å². The van der Waals surface area contributed by atoms with Gasteiger partial charge in [-0.15, -0.1) is 0 Å². The topological polar surface area (TPSA) is 58.1 Å². The van der Waals surface area contributed by atoms with E-state index >= 15 is 0 Å². The molecule has 6 nitrogen and oxygen atoms in total. The molecule has 6 heteroatoms. The summed E-state index contributed by atoms with van der Waals surface area (Å²) in [5, 5.41) is 6.72. The minimum atomic E-state index is 0.436. The van der Waals surface area contributed by atoms with Crippen LogP contribution in [0.5, 0.6) is 0 Å². The second-order valence-corrected chi connectivity index (χ2v) is 6.85. The van der Waals surface area contributed by atoms with Crippen molar-refractivity contribution >= 4 is 5.96 Å². The van der Waals surface area contributed by atoms with Crippen molar-refractivity contribution in [3.8, 4) is 0 Å². The lowest BCUT2D eigenvalue weighted by molar-refractivity contribution is 0.0220. The van der Waals surface area contributed by atoms with Crippen LogP contribution in [-0.4, -0.2) is 76.1 Å². The van der Waals surface area contributed by atoms with Crippen LogP contribution < -0.4 is 10.6 Å². The zero-order valence-electron chi connectivity index (χ0n) is 17.0. The lowest BCUT2D eigenvalue weighted by Crippen LogP contribution is -2.44. The molecule has 0 radical (unpaired) electrons. The number of nitrogens with one attached hydrogen (secondary N) is 2. The predicted molar refractivity (Wildman–Crippen MR) is 111 cm³/mol. The molecular weight excluding hydrogens is 340 g/mol. The summed E-state index contributed by atoms with van der Waals surface area (Å²) < 4.78 is 11.2. The Kier molecular flexibility index (Phi) is 10.9. The Bertz CT molecular complexity index is 518. The minimum Gasteiger partial charge on any atom is -0.381 e. The summed E-state index contributed by atoms with van der Waals surface area (Å²) >= 11 is 0. The molecule has 0 spiro atoms. The van der Waals surface area contributed by atoms with E-state index in [0.717, 1.165) is 78.0 Å². The van der Waals surface area contributed by atoms with Crippen molar-refractivity contribution in [1.29, 1.82) is 0 Å². The Labute approximate surface area is 164 Å². The van der Waals surface area contributed by atoms with Gasteiger partial charge in [-0.3, -0.25) is 9.89 Å². The lowest BCUT2D eigenvalue weighted by Gasteiger charge is -2.31. The highest BCUT2D eigenvalue weighted by atomic mass is 16.5. The number of guanidine groups is 1. The van der Waals surface area contributed by atoms with Gasteiger partial charge in [0.05, 0.1) is 26.4 Å². The molecule has 1 saturated heterocycles. The van der Waals surface area contributed by atoms with Crippen LogP contribution in [0.25, 0.3) is 0 Å². The maximum Gasteiger partial charge on any atom is 0.191 e. The van der Waals surface area contributed by atoms with Gasteiger partial charge in [-0.2, -0.15) is 0 Å². The third-order valence-corrected chi connectivity index (χ3v) is 4.66. The van der Waals surface area contributed by atoms with Crippen molar-refractivity contribution in [2.45, 2.75) is 32.7 Å². The van der Waals surface area contributed by atoms with Crippen LogP contribution in [0.3, 0.4) is 0 Å². The quantitative estimate of drug-likeness (QED) is 0.351. The summed E-state index contributed by atoms with van der Waals surface area (Å²) in [6, 6.07) is 10.9. The van der Waals surface area contributed by atoms with Crippen LogP contribution >= 0.6 is 0 Å². The Morgan fingerprint density at radius 1 is 1.19 bits per heavy atom. The third-order valence-electron chi connectivity index (χ3n) is 4.66. The van der Waals surface area contributed by atoms with Gasteiger partial charge in [0.1, 0.15) is 0 Å². The fraction of sp³-hybridized carbons (Fsp3) is 0.667. The fourth-order valence-corrected chi connectivity index (χ4v) is 3.02. The van der Waals surface area contributed by atoms with Crippen LogP contribution in [-0.2, 0) is 15.9 Å². The van der Waals surface area contributed by atoms with Crippen molar-refractivity contribution in [3.05, 3.63) is 35.9 Å². The second-order valence-electron chi connectivity index (χ2n) is 6.85. The van der Waals surface area contributed by atoms with Gasteiger partial charge < -0.3 is 20.1 Å². The molecule has 152 valence electrons. The first kappa shape index (κ1) is 21.7. The summed E-state index contributed by atoms with van der Waals surface area (Å²) in [6.07, 6.45) is 1.94. The van der Waals surface area contributed by atoms with Crippen molar-refractivity contribution in [1.82, 2.24) is 15.5 Å². The van der Waals surface area contributed by atoms with Gasteiger partial charge >= 0.3 is 0 Å². The molecule has 0 aliphatic carbocycles.